The summed E-state index contributed by atoms with van der Waals surface area (Å²) in [5.41, 5.74) is 3.52. The van der Waals surface area contributed by atoms with Crippen LogP contribution in [0.1, 0.15) is 60.2 Å². The zero-order valence-electron chi connectivity index (χ0n) is 22.9. The van der Waals surface area contributed by atoms with Crippen LogP contribution in [0.5, 0.6) is 5.75 Å². The van der Waals surface area contributed by atoms with E-state index in [9.17, 15) is 22.8 Å². The fourth-order valence-corrected chi connectivity index (χ4v) is 4.70. The van der Waals surface area contributed by atoms with Crippen molar-refractivity contribution in [2.75, 3.05) is 11.9 Å². The van der Waals surface area contributed by atoms with Gasteiger partial charge in [-0.1, -0.05) is 31.5 Å². The zero-order valence-corrected chi connectivity index (χ0v) is 23.6. The molecule has 9 heteroatoms. The van der Waals surface area contributed by atoms with E-state index in [1.165, 1.54) is 6.07 Å². The van der Waals surface area contributed by atoms with Gasteiger partial charge >= 0.3 is 12.1 Å². The highest BCUT2D eigenvalue weighted by molar-refractivity contribution is 6.33. The SMILES string of the molecule is Cc1cc(OC[C@@H](Nc2ccc(C(=O)CCCC(=O)O)cc2)C(C)C)cc(C)c1-c1ccc(C(F)(F)F)cc1Cl. The van der Waals surface area contributed by atoms with Gasteiger partial charge in [0.05, 0.1) is 11.6 Å². The Labute approximate surface area is 237 Å². The Bertz CT molecular complexity index is 1330. The molecule has 3 aromatic carbocycles. The predicted molar refractivity (Wildman–Crippen MR) is 151 cm³/mol. The number of alkyl halides is 3. The molecule has 0 aliphatic carbocycles. The Hall–Kier alpha value is -3.52. The van der Waals surface area contributed by atoms with E-state index in [1.54, 1.807) is 12.1 Å². The number of Topliss-reactive ketones (excluding diaryl/α,β-unsaturated/α-hetero) is 1. The Morgan fingerprint density at radius 3 is 2.12 bits per heavy atom. The van der Waals surface area contributed by atoms with E-state index in [-0.39, 0.29) is 35.6 Å². The molecule has 0 aliphatic rings. The summed E-state index contributed by atoms with van der Waals surface area (Å²) in [6.07, 6.45) is -4.01. The predicted octanol–water partition coefficient (Wildman–Crippen LogP) is 8.60. The third kappa shape index (κ3) is 8.24. The molecule has 1 atom stereocenters. The van der Waals surface area contributed by atoms with Crippen LogP contribution in [0.2, 0.25) is 5.02 Å². The number of aryl methyl sites for hydroxylation is 2. The average molecular weight is 576 g/mol. The number of carbonyl (C=O) groups is 2. The fraction of sp³-hybridized carbons (Fsp3) is 0.355. The summed E-state index contributed by atoms with van der Waals surface area (Å²) in [6, 6.07) is 14.1. The quantitative estimate of drug-likeness (QED) is 0.211. The number of aliphatic carboxylic acids is 1. The van der Waals surface area contributed by atoms with E-state index < -0.39 is 17.7 Å². The van der Waals surface area contributed by atoms with Crippen molar-refractivity contribution in [3.63, 3.8) is 0 Å². The van der Waals surface area contributed by atoms with Crippen LogP contribution in [0.3, 0.4) is 0 Å². The first kappa shape index (κ1) is 31.0. The number of carbonyl (C=O) groups excluding carboxylic acids is 1. The molecule has 40 heavy (non-hydrogen) atoms. The smallest absolute Gasteiger partial charge is 0.416 e. The van der Waals surface area contributed by atoms with Gasteiger partial charge in [-0.15, -0.1) is 0 Å². The molecule has 0 bridgehead atoms. The van der Waals surface area contributed by atoms with Crippen LogP contribution in [-0.2, 0) is 11.0 Å². The summed E-state index contributed by atoms with van der Waals surface area (Å²) in [4.78, 5) is 22.9. The first-order valence-electron chi connectivity index (χ1n) is 13.0. The maximum atomic E-state index is 13.1. The normalized spacial score (nSPS) is 12.3. The van der Waals surface area contributed by atoms with Gasteiger partial charge in [-0.2, -0.15) is 13.2 Å². The number of benzene rings is 3. The highest BCUT2D eigenvalue weighted by atomic mass is 35.5. The van der Waals surface area contributed by atoms with E-state index >= 15 is 0 Å². The summed E-state index contributed by atoms with van der Waals surface area (Å²) in [6.45, 7) is 8.21. The van der Waals surface area contributed by atoms with Gasteiger partial charge < -0.3 is 15.2 Å². The van der Waals surface area contributed by atoms with E-state index in [0.29, 0.717) is 29.9 Å². The van der Waals surface area contributed by atoms with Gasteiger partial charge in [0.2, 0.25) is 0 Å². The minimum atomic E-state index is -4.46. The second kappa shape index (κ2) is 13.2. The van der Waals surface area contributed by atoms with E-state index in [1.807, 2.05) is 38.1 Å². The van der Waals surface area contributed by atoms with Gasteiger partial charge in [0.25, 0.3) is 0 Å². The molecule has 3 aromatic rings. The summed E-state index contributed by atoms with van der Waals surface area (Å²) in [7, 11) is 0. The fourth-order valence-electron chi connectivity index (χ4n) is 4.42. The summed E-state index contributed by atoms with van der Waals surface area (Å²) in [5, 5.41) is 12.2. The number of carboxylic acid groups (broad SMARTS) is 1. The van der Waals surface area contributed by atoms with E-state index in [4.69, 9.17) is 21.4 Å². The average Bonchev–Trinajstić information content (AvgIpc) is 2.86. The van der Waals surface area contributed by atoms with Crippen molar-refractivity contribution < 1.29 is 32.6 Å². The molecule has 3 rings (SSSR count). The second-order valence-corrected chi connectivity index (χ2v) is 10.6. The Morgan fingerprint density at radius 1 is 0.975 bits per heavy atom. The molecule has 0 amide bonds. The van der Waals surface area contributed by atoms with Crippen molar-refractivity contribution in [3.8, 4) is 16.9 Å². The monoisotopic (exact) mass is 575 g/mol. The molecule has 2 N–H and O–H groups in total. The second-order valence-electron chi connectivity index (χ2n) is 10.2. The maximum Gasteiger partial charge on any atom is 0.416 e. The van der Waals surface area contributed by atoms with E-state index in [2.05, 4.69) is 19.2 Å². The highest BCUT2D eigenvalue weighted by Gasteiger charge is 2.31. The molecule has 0 saturated heterocycles. The van der Waals surface area contributed by atoms with Crippen LogP contribution in [0.25, 0.3) is 11.1 Å². The first-order valence-corrected chi connectivity index (χ1v) is 13.4. The molecule has 5 nitrogen and oxygen atoms in total. The van der Waals surface area contributed by atoms with Gasteiger partial charge in [0, 0.05) is 34.7 Å². The minimum Gasteiger partial charge on any atom is -0.491 e. The lowest BCUT2D eigenvalue weighted by atomic mass is 9.94. The van der Waals surface area contributed by atoms with Gasteiger partial charge in [-0.25, -0.2) is 0 Å². The first-order chi connectivity index (χ1) is 18.8. The van der Waals surface area contributed by atoms with Crippen LogP contribution in [0.15, 0.2) is 54.6 Å². The number of rotatable bonds is 12. The number of halogens is 4. The molecule has 0 heterocycles. The van der Waals surface area contributed by atoms with Crippen molar-refractivity contribution in [2.24, 2.45) is 5.92 Å². The molecule has 0 radical (unpaired) electrons. The number of ketones is 1. The van der Waals surface area contributed by atoms with Crippen LogP contribution in [0, 0.1) is 19.8 Å². The largest absolute Gasteiger partial charge is 0.491 e. The maximum absolute atomic E-state index is 13.1. The molecule has 0 aliphatic heterocycles. The van der Waals surface area contributed by atoms with Crippen molar-refractivity contribution in [2.45, 2.75) is 59.2 Å². The number of ether oxygens (including phenoxy) is 1. The third-order valence-corrected chi connectivity index (χ3v) is 6.97. The van der Waals surface area contributed by atoms with Crippen molar-refractivity contribution in [3.05, 3.63) is 81.9 Å². The Morgan fingerprint density at radius 2 is 1.60 bits per heavy atom. The number of carboxylic acids is 1. The van der Waals surface area contributed by atoms with Gasteiger partial charge in [-0.05, 0) is 91.4 Å². The lowest BCUT2D eigenvalue weighted by molar-refractivity contribution is -0.138. The van der Waals surface area contributed by atoms with Crippen LogP contribution >= 0.6 is 11.6 Å². The number of hydrogen-bond donors (Lipinski definition) is 2. The van der Waals surface area contributed by atoms with Crippen LogP contribution in [-0.4, -0.2) is 29.5 Å². The number of anilines is 1. The molecular weight excluding hydrogens is 543 g/mol. The molecule has 0 fully saturated rings. The van der Waals surface area contributed by atoms with Crippen LogP contribution in [0.4, 0.5) is 18.9 Å². The van der Waals surface area contributed by atoms with Crippen molar-refractivity contribution >= 4 is 29.0 Å². The lowest BCUT2D eigenvalue weighted by Crippen LogP contribution is -2.32. The molecule has 0 saturated carbocycles. The van der Waals surface area contributed by atoms with Crippen molar-refractivity contribution in [1.29, 1.82) is 0 Å². The zero-order chi connectivity index (χ0) is 29.6. The topological polar surface area (TPSA) is 75.6 Å². The molecule has 0 aromatic heterocycles. The van der Waals surface area contributed by atoms with Gasteiger partial charge in [0.15, 0.2) is 5.78 Å². The molecule has 0 spiro atoms. The Kier molecular flexibility index (Phi) is 10.3. The minimum absolute atomic E-state index is 0.0340. The summed E-state index contributed by atoms with van der Waals surface area (Å²) < 4.78 is 45.3. The van der Waals surface area contributed by atoms with Gasteiger partial charge in [0.1, 0.15) is 12.4 Å². The highest BCUT2D eigenvalue weighted by Crippen LogP contribution is 2.39. The van der Waals surface area contributed by atoms with Crippen molar-refractivity contribution in [1.82, 2.24) is 0 Å². The molecule has 0 unspecified atom stereocenters. The van der Waals surface area contributed by atoms with Gasteiger partial charge in [-0.3, -0.25) is 9.59 Å². The van der Waals surface area contributed by atoms with E-state index in [0.717, 1.165) is 34.5 Å². The lowest BCUT2D eigenvalue weighted by Gasteiger charge is -2.24. The summed E-state index contributed by atoms with van der Waals surface area (Å²) >= 11 is 6.25. The molecular formula is C31H33ClF3NO4. The standard InChI is InChI=1S/C31H33ClF3NO4/c1-18(2)27(36-23-11-8-21(9-12-23)28(37)6-5-7-29(38)39)17-40-24-14-19(3)30(20(4)15-24)25-13-10-22(16-26(25)32)31(33,34)35/h8-16,18,27,36H,5-7,17H2,1-4H3,(H,38,39)/t27-/m1/s1. The summed E-state index contributed by atoms with van der Waals surface area (Å²) in [5.74, 6) is -0.163. The van der Waals surface area contributed by atoms with Crippen LogP contribution < -0.4 is 10.1 Å². The Balaban J connectivity index is 1.68. The third-order valence-electron chi connectivity index (χ3n) is 6.66. The number of hydrogen-bond acceptors (Lipinski definition) is 4. The molecule has 214 valence electrons. The number of nitrogens with one attached hydrogen (secondary N) is 1.